The first kappa shape index (κ1) is 10.4. The zero-order valence-electron chi connectivity index (χ0n) is 9.17. The van der Waals surface area contributed by atoms with Crippen LogP contribution in [-0.4, -0.2) is 49.8 Å². The third kappa shape index (κ3) is 2.27. The number of likely N-dealkylation sites (N-methyl/N-ethyl adjacent to an activating group) is 1. The predicted octanol–water partition coefficient (Wildman–Crippen LogP) is 0.849. The summed E-state index contributed by atoms with van der Waals surface area (Å²) in [5.41, 5.74) is 0. The topological polar surface area (TPSA) is 24.5 Å². The van der Waals surface area contributed by atoms with E-state index >= 15 is 0 Å². The Morgan fingerprint density at radius 2 is 2.00 bits per heavy atom. The molecule has 3 nitrogen and oxygen atoms in total. The summed E-state index contributed by atoms with van der Waals surface area (Å²) in [6.07, 6.45) is 3.85. The minimum Gasteiger partial charge on any atom is -0.380 e. The lowest BCUT2D eigenvalue weighted by molar-refractivity contribution is 0.0967. The summed E-state index contributed by atoms with van der Waals surface area (Å²) in [5, 5.41) is 3.43. The fourth-order valence-corrected chi connectivity index (χ4v) is 2.74. The molecule has 0 unspecified atom stereocenters. The smallest absolute Gasteiger partial charge is 0.0622 e. The highest BCUT2D eigenvalue weighted by molar-refractivity contribution is 4.84. The Kier molecular flexibility index (Phi) is 3.79. The minimum absolute atomic E-state index is 0.697. The summed E-state index contributed by atoms with van der Waals surface area (Å²) in [4.78, 5) is 2.66. The number of hydrogen-bond acceptors (Lipinski definition) is 3. The lowest BCUT2D eigenvalue weighted by Gasteiger charge is -2.37. The molecule has 0 aliphatic carbocycles. The summed E-state index contributed by atoms with van der Waals surface area (Å²) in [7, 11) is 0. The monoisotopic (exact) mass is 198 g/mol. The van der Waals surface area contributed by atoms with Gasteiger partial charge >= 0.3 is 0 Å². The molecule has 2 fully saturated rings. The average molecular weight is 198 g/mol. The molecule has 0 aromatic rings. The van der Waals surface area contributed by atoms with Crippen LogP contribution in [0.15, 0.2) is 0 Å². The van der Waals surface area contributed by atoms with Crippen molar-refractivity contribution in [2.45, 2.75) is 38.3 Å². The summed E-state index contributed by atoms with van der Waals surface area (Å²) in [6, 6.07) is 1.50. The van der Waals surface area contributed by atoms with Gasteiger partial charge in [-0.1, -0.05) is 6.92 Å². The SMILES string of the molecule is CCN(C1CCNCC1)[C@@H]1CCOC1. The van der Waals surface area contributed by atoms with Crippen molar-refractivity contribution in [1.29, 1.82) is 0 Å². The van der Waals surface area contributed by atoms with Crippen molar-refractivity contribution in [3.8, 4) is 0 Å². The van der Waals surface area contributed by atoms with E-state index in [1.165, 1.54) is 38.9 Å². The number of nitrogens with one attached hydrogen (secondary N) is 1. The second-order valence-electron chi connectivity index (χ2n) is 4.33. The van der Waals surface area contributed by atoms with E-state index in [-0.39, 0.29) is 0 Å². The maximum absolute atomic E-state index is 5.47. The molecule has 0 saturated carbocycles. The van der Waals surface area contributed by atoms with Crippen LogP contribution in [-0.2, 0) is 4.74 Å². The lowest BCUT2D eigenvalue weighted by atomic mass is 10.0. The summed E-state index contributed by atoms with van der Waals surface area (Å²) >= 11 is 0. The summed E-state index contributed by atoms with van der Waals surface area (Å²) < 4.78 is 5.47. The van der Waals surface area contributed by atoms with Gasteiger partial charge in [0, 0.05) is 18.7 Å². The Bertz CT molecular complexity index is 163. The van der Waals surface area contributed by atoms with Gasteiger partial charge in [-0.25, -0.2) is 0 Å². The van der Waals surface area contributed by atoms with E-state index in [9.17, 15) is 0 Å². The summed E-state index contributed by atoms with van der Waals surface area (Å²) in [6.45, 7) is 7.76. The molecule has 0 aromatic heterocycles. The number of ether oxygens (including phenoxy) is 1. The van der Waals surface area contributed by atoms with Gasteiger partial charge in [-0.2, -0.15) is 0 Å². The van der Waals surface area contributed by atoms with Gasteiger partial charge < -0.3 is 10.1 Å². The van der Waals surface area contributed by atoms with Crippen molar-refractivity contribution in [2.24, 2.45) is 0 Å². The molecule has 2 saturated heterocycles. The zero-order valence-corrected chi connectivity index (χ0v) is 9.17. The largest absolute Gasteiger partial charge is 0.380 e. The van der Waals surface area contributed by atoms with Gasteiger partial charge in [0.05, 0.1) is 6.61 Å². The third-order valence-electron chi connectivity index (χ3n) is 3.52. The van der Waals surface area contributed by atoms with Gasteiger partial charge in [0.1, 0.15) is 0 Å². The van der Waals surface area contributed by atoms with Gasteiger partial charge in [-0.05, 0) is 38.9 Å². The Hall–Kier alpha value is -0.120. The standard InChI is InChI=1S/C11H22N2O/c1-2-13(11-5-8-14-9-11)10-3-6-12-7-4-10/h10-12H,2-9H2,1H3/t11-/m1/s1. The average Bonchev–Trinajstić information content (AvgIpc) is 2.74. The van der Waals surface area contributed by atoms with Crippen LogP contribution in [0.3, 0.4) is 0 Å². The number of piperidine rings is 1. The molecule has 0 radical (unpaired) electrons. The predicted molar refractivity (Wildman–Crippen MR) is 57.5 cm³/mol. The number of rotatable bonds is 3. The zero-order chi connectivity index (χ0) is 9.80. The van der Waals surface area contributed by atoms with E-state index in [1.54, 1.807) is 0 Å². The molecule has 2 heterocycles. The van der Waals surface area contributed by atoms with Crippen molar-refractivity contribution < 1.29 is 4.74 Å². The quantitative estimate of drug-likeness (QED) is 0.727. The van der Waals surface area contributed by atoms with Crippen LogP contribution in [0.25, 0.3) is 0 Å². The maximum Gasteiger partial charge on any atom is 0.0622 e. The molecule has 0 spiro atoms. The van der Waals surface area contributed by atoms with Crippen molar-refractivity contribution >= 4 is 0 Å². The Labute approximate surface area is 86.8 Å². The van der Waals surface area contributed by atoms with Crippen LogP contribution in [0.4, 0.5) is 0 Å². The maximum atomic E-state index is 5.47. The van der Waals surface area contributed by atoms with Crippen LogP contribution >= 0.6 is 0 Å². The van der Waals surface area contributed by atoms with Crippen LogP contribution < -0.4 is 5.32 Å². The molecule has 0 bridgehead atoms. The fourth-order valence-electron chi connectivity index (χ4n) is 2.74. The Morgan fingerprint density at radius 3 is 2.57 bits per heavy atom. The second kappa shape index (κ2) is 5.10. The van der Waals surface area contributed by atoms with Crippen LogP contribution in [0, 0.1) is 0 Å². The van der Waals surface area contributed by atoms with Crippen molar-refractivity contribution in [3.63, 3.8) is 0 Å². The van der Waals surface area contributed by atoms with E-state index in [0.29, 0.717) is 6.04 Å². The van der Waals surface area contributed by atoms with E-state index in [2.05, 4.69) is 17.1 Å². The normalized spacial score (nSPS) is 30.0. The molecular formula is C11H22N2O. The first-order valence-electron chi connectivity index (χ1n) is 5.96. The highest BCUT2D eigenvalue weighted by Gasteiger charge is 2.28. The van der Waals surface area contributed by atoms with Gasteiger partial charge in [-0.3, -0.25) is 4.90 Å². The van der Waals surface area contributed by atoms with Crippen LogP contribution in [0.1, 0.15) is 26.2 Å². The molecule has 0 amide bonds. The van der Waals surface area contributed by atoms with Crippen molar-refractivity contribution in [2.75, 3.05) is 32.8 Å². The van der Waals surface area contributed by atoms with E-state index in [4.69, 9.17) is 4.74 Å². The second-order valence-corrected chi connectivity index (χ2v) is 4.33. The molecular weight excluding hydrogens is 176 g/mol. The first-order valence-corrected chi connectivity index (χ1v) is 5.96. The van der Waals surface area contributed by atoms with Gasteiger partial charge in [0.2, 0.25) is 0 Å². The highest BCUT2D eigenvalue weighted by atomic mass is 16.5. The van der Waals surface area contributed by atoms with Gasteiger partial charge in [0.15, 0.2) is 0 Å². The molecule has 82 valence electrons. The number of hydrogen-bond donors (Lipinski definition) is 1. The first-order chi connectivity index (χ1) is 6.92. The van der Waals surface area contributed by atoms with Crippen LogP contribution in [0.2, 0.25) is 0 Å². The van der Waals surface area contributed by atoms with Crippen molar-refractivity contribution in [3.05, 3.63) is 0 Å². The summed E-state index contributed by atoms with van der Waals surface area (Å²) in [5.74, 6) is 0. The Morgan fingerprint density at radius 1 is 1.21 bits per heavy atom. The van der Waals surface area contributed by atoms with Crippen molar-refractivity contribution in [1.82, 2.24) is 10.2 Å². The molecule has 1 atom stereocenters. The number of nitrogens with zero attached hydrogens (tertiary/aromatic N) is 1. The van der Waals surface area contributed by atoms with E-state index < -0.39 is 0 Å². The van der Waals surface area contributed by atoms with E-state index in [0.717, 1.165) is 19.3 Å². The molecule has 3 heteroatoms. The van der Waals surface area contributed by atoms with Crippen LogP contribution in [0.5, 0.6) is 0 Å². The van der Waals surface area contributed by atoms with Gasteiger partial charge in [0.25, 0.3) is 0 Å². The molecule has 1 N–H and O–H groups in total. The van der Waals surface area contributed by atoms with E-state index in [1.807, 2.05) is 0 Å². The molecule has 2 rings (SSSR count). The molecule has 0 aromatic carbocycles. The Balaban J connectivity index is 1.89. The molecule has 14 heavy (non-hydrogen) atoms. The fraction of sp³-hybridized carbons (Fsp3) is 1.00. The van der Waals surface area contributed by atoms with Gasteiger partial charge in [-0.15, -0.1) is 0 Å². The highest BCUT2D eigenvalue weighted by Crippen LogP contribution is 2.19. The third-order valence-corrected chi connectivity index (χ3v) is 3.52. The minimum atomic E-state index is 0.697. The molecule has 2 aliphatic heterocycles. The lowest BCUT2D eigenvalue weighted by Crippen LogP contribution is -2.48. The molecule has 2 aliphatic rings.